The van der Waals surface area contributed by atoms with Crippen LogP contribution >= 0.6 is 0 Å². The second-order valence-corrected chi connectivity index (χ2v) is 5.00. The van der Waals surface area contributed by atoms with Gasteiger partial charge in [-0.25, -0.2) is 0 Å². The van der Waals surface area contributed by atoms with Crippen LogP contribution in [0.4, 0.5) is 11.5 Å². The molecule has 2 aromatic rings. The van der Waals surface area contributed by atoms with Gasteiger partial charge in [0.25, 0.3) is 0 Å². The lowest BCUT2D eigenvalue weighted by Gasteiger charge is -2.07. The van der Waals surface area contributed by atoms with E-state index in [0.717, 1.165) is 16.8 Å². The molecule has 21 heavy (non-hydrogen) atoms. The number of carbonyl (C=O) groups excluding carboxylic acids is 2. The first kappa shape index (κ1) is 14.8. The van der Waals surface area contributed by atoms with E-state index in [1.165, 1.54) is 0 Å². The summed E-state index contributed by atoms with van der Waals surface area (Å²) in [4.78, 5) is 23.7. The molecule has 1 aromatic carbocycles. The first-order valence-corrected chi connectivity index (χ1v) is 6.57. The molecule has 0 fully saturated rings. The molecule has 0 saturated carbocycles. The maximum absolute atomic E-state index is 11.8. The summed E-state index contributed by atoms with van der Waals surface area (Å²) in [6, 6.07) is 7.18. The van der Waals surface area contributed by atoms with Crippen molar-refractivity contribution in [3.63, 3.8) is 0 Å². The van der Waals surface area contributed by atoms with Gasteiger partial charge in [0.2, 0.25) is 0 Å². The Kier molecular flexibility index (Phi) is 4.07. The van der Waals surface area contributed by atoms with Crippen LogP contribution in [0.1, 0.15) is 16.8 Å². The van der Waals surface area contributed by atoms with Crippen molar-refractivity contribution >= 4 is 23.3 Å². The van der Waals surface area contributed by atoms with E-state index in [1.807, 2.05) is 32.9 Å². The van der Waals surface area contributed by atoms with Crippen LogP contribution in [0.5, 0.6) is 0 Å². The van der Waals surface area contributed by atoms with Crippen LogP contribution in [-0.2, 0) is 16.6 Å². The molecule has 6 heteroatoms. The van der Waals surface area contributed by atoms with E-state index in [1.54, 1.807) is 23.9 Å². The summed E-state index contributed by atoms with van der Waals surface area (Å²) in [5.41, 5.74) is 3.66. The van der Waals surface area contributed by atoms with E-state index in [-0.39, 0.29) is 0 Å². The van der Waals surface area contributed by atoms with Crippen molar-refractivity contribution < 1.29 is 9.59 Å². The van der Waals surface area contributed by atoms with Crippen LogP contribution < -0.4 is 10.6 Å². The summed E-state index contributed by atoms with van der Waals surface area (Å²) in [5.74, 6) is -1.11. The highest BCUT2D eigenvalue weighted by Crippen LogP contribution is 2.14. The van der Waals surface area contributed by atoms with Crippen LogP contribution in [0.2, 0.25) is 0 Å². The highest BCUT2D eigenvalue weighted by molar-refractivity contribution is 6.43. The molecule has 0 unspecified atom stereocenters. The highest BCUT2D eigenvalue weighted by Gasteiger charge is 2.15. The summed E-state index contributed by atoms with van der Waals surface area (Å²) >= 11 is 0. The number of carbonyl (C=O) groups is 2. The number of hydrogen-bond acceptors (Lipinski definition) is 3. The van der Waals surface area contributed by atoms with Crippen molar-refractivity contribution in [2.75, 3.05) is 10.6 Å². The second-order valence-electron chi connectivity index (χ2n) is 5.00. The van der Waals surface area contributed by atoms with Crippen molar-refractivity contribution in [2.45, 2.75) is 20.8 Å². The number of benzene rings is 1. The highest BCUT2D eigenvalue weighted by atomic mass is 16.2. The second kappa shape index (κ2) is 5.78. The van der Waals surface area contributed by atoms with Crippen LogP contribution in [0.15, 0.2) is 24.3 Å². The predicted octanol–water partition coefficient (Wildman–Crippen LogP) is 1.92. The van der Waals surface area contributed by atoms with Crippen LogP contribution in [0.3, 0.4) is 0 Å². The number of amides is 2. The van der Waals surface area contributed by atoms with Gasteiger partial charge in [0, 0.05) is 24.5 Å². The minimum atomic E-state index is -0.744. The smallest absolute Gasteiger partial charge is 0.315 e. The van der Waals surface area contributed by atoms with Crippen molar-refractivity contribution in [3.8, 4) is 0 Å². The fourth-order valence-corrected chi connectivity index (χ4v) is 1.80. The molecule has 0 aliphatic heterocycles. The molecule has 0 spiro atoms. The van der Waals surface area contributed by atoms with Gasteiger partial charge in [0.05, 0.1) is 0 Å². The molecule has 0 radical (unpaired) electrons. The summed E-state index contributed by atoms with van der Waals surface area (Å²) in [5, 5.41) is 9.10. The average molecular weight is 286 g/mol. The van der Waals surface area contributed by atoms with Crippen LogP contribution in [0, 0.1) is 20.8 Å². The predicted molar refractivity (Wildman–Crippen MR) is 81.1 cm³/mol. The Morgan fingerprint density at radius 2 is 1.67 bits per heavy atom. The minimum Gasteiger partial charge on any atom is -0.318 e. The number of hydrogen-bond donors (Lipinski definition) is 2. The van der Waals surface area contributed by atoms with Gasteiger partial charge in [-0.15, -0.1) is 0 Å². The molecule has 2 rings (SSSR count). The largest absolute Gasteiger partial charge is 0.318 e. The van der Waals surface area contributed by atoms with Gasteiger partial charge in [0.1, 0.15) is 0 Å². The molecule has 0 aliphatic carbocycles. The van der Waals surface area contributed by atoms with Gasteiger partial charge >= 0.3 is 11.8 Å². The van der Waals surface area contributed by atoms with Crippen molar-refractivity contribution in [1.82, 2.24) is 9.78 Å². The van der Waals surface area contributed by atoms with E-state index >= 15 is 0 Å². The third-order valence-electron chi connectivity index (χ3n) is 3.33. The lowest BCUT2D eigenvalue weighted by Crippen LogP contribution is -2.29. The van der Waals surface area contributed by atoms with Crippen LogP contribution in [-0.4, -0.2) is 21.6 Å². The third kappa shape index (κ3) is 3.47. The van der Waals surface area contributed by atoms with Crippen molar-refractivity contribution in [3.05, 3.63) is 41.1 Å². The fraction of sp³-hybridized carbons (Fsp3) is 0.267. The Balaban J connectivity index is 2.02. The molecular weight excluding hydrogens is 268 g/mol. The van der Waals surface area contributed by atoms with Gasteiger partial charge in [-0.3, -0.25) is 14.3 Å². The Bertz CT molecular complexity index is 684. The van der Waals surface area contributed by atoms with Gasteiger partial charge in [-0.2, -0.15) is 5.10 Å². The first-order chi connectivity index (χ1) is 9.86. The van der Waals surface area contributed by atoms with Crippen LogP contribution in [0.25, 0.3) is 0 Å². The average Bonchev–Trinajstić information content (AvgIpc) is 2.72. The number of nitrogens with one attached hydrogen (secondary N) is 2. The zero-order valence-corrected chi connectivity index (χ0v) is 12.5. The third-order valence-corrected chi connectivity index (χ3v) is 3.33. The van der Waals surface area contributed by atoms with Crippen molar-refractivity contribution in [2.24, 2.45) is 7.05 Å². The topological polar surface area (TPSA) is 76.0 Å². The molecule has 0 aliphatic rings. The molecule has 1 heterocycles. The lowest BCUT2D eigenvalue weighted by atomic mass is 10.1. The Labute approximate surface area is 123 Å². The molecule has 2 N–H and O–H groups in total. The first-order valence-electron chi connectivity index (χ1n) is 6.57. The number of aromatic nitrogens is 2. The van der Waals surface area contributed by atoms with E-state index in [0.29, 0.717) is 11.5 Å². The number of nitrogens with zero attached hydrogens (tertiary/aromatic N) is 2. The Hall–Kier alpha value is -2.63. The minimum absolute atomic E-state index is 0.357. The Morgan fingerprint density at radius 1 is 1.00 bits per heavy atom. The molecule has 1 aromatic heterocycles. The molecule has 110 valence electrons. The quantitative estimate of drug-likeness (QED) is 0.828. The molecule has 0 atom stereocenters. The lowest BCUT2D eigenvalue weighted by molar-refractivity contribution is -0.133. The summed E-state index contributed by atoms with van der Waals surface area (Å²) in [6.07, 6.45) is 0. The summed E-state index contributed by atoms with van der Waals surface area (Å²) in [7, 11) is 1.76. The van der Waals surface area contributed by atoms with E-state index in [2.05, 4.69) is 15.7 Å². The van der Waals surface area contributed by atoms with Gasteiger partial charge in [-0.05, 0) is 44.0 Å². The maximum Gasteiger partial charge on any atom is 0.315 e. The fourth-order valence-electron chi connectivity index (χ4n) is 1.80. The maximum atomic E-state index is 11.8. The zero-order chi connectivity index (χ0) is 15.6. The summed E-state index contributed by atoms with van der Waals surface area (Å²) in [6.45, 7) is 5.79. The molecular formula is C15H18N4O2. The molecule has 2 amide bonds. The van der Waals surface area contributed by atoms with E-state index in [9.17, 15) is 9.59 Å². The normalized spacial score (nSPS) is 10.3. The number of rotatable bonds is 2. The summed E-state index contributed by atoms with van der Waals surface area (Å²) < 4.78 is 1.62. The van der Waals surface area contributed by atoms with E-state index in [4.69, 9.17) is 0 Å². The number of aryl methyl sites for hydroxylation is 4. The SMILES string of the molecule is Cc1ccc(NC(=O)C(=O)Nc2cc(C)n(C)n2)cc1C. The van der Waals surface area contributed by atoms with Gasteiger partial charge in [0.15, 0.2) is 5.82 Å². The Morgan fingerprint density at radius 3 is 2.24 bits per heavy atom. The van der Waals surface area contributed by atoms with Gasteiger partial charge < -0.3 is 10.6 Å². The molecule has 0 bridgehead atoms. The van der Waals surface area contributed by atoms with Gasteiger partial charge in [-0.1, -0.05) is 6.07 Å². The standard InChI is InChI=1S/C15H18N4O2/c1-9-5-6-12(7-10(9)2)16-14(20)15(21)17-13-8-11(3)19(4)18-13/h5-8H,1-4H3,(H,16,20)(H,17,18,21). The monoisotopic (exact) mass is 286 g/mol. The molecule has 6 nitrogen and oxygen atoms in total. The van der Waals surface area contributed by atoms with E-state index < -0.39 is 11.8 Å². The molecule has 0 saturated heterocycles. The van der Waals surface area contributed by atoms with Crippen molar-refractivity contribution in [1.29, 1.82) is 0 Å². The zero-order valence-electron chi connectivity index (χ0n) is 12.5. The number of anilines is 2.